The standard InChI is InChI=1S/C11H17ClN2O4S/c1-14(6-8(15)7-18-2)19(16,17)11-9(12)4-3-5-10(11)13/h3-5,8,15H,6-7,13H2,1-2H3. The minimum absolute atomic E-state index is 0.0395. The van der Waals surface area contributed by atoms with Crippen molar-refractivity contribution in [2.45, 2.75) is 11.0 Å². The van der Waals surface area contributed by atoms with Crippen molar-refractivity contribution in [3.63, 3.8) is 0 Å². The monoisotopic (exact) mass is 308 g/mol. The minimum atomic E-state index is -3.85. The number of aliphatic hydroxyl groups is 1. The number of sulfonamides is 1. The highest BCUT2D eigenvalue weighted by Crippen LogP contribution is 2.29. The van der Waals surface area contributed by atoms with Gasteiger partial charge in [-0.1, -0.05) is 17.7 Å². The molecule has 1 rings (SSSR count). The second-order valence-corrected chi connectivity index (χ2v) is 6.44. The summed E-state index contributed by atoms with van der Waals surface area (Å²) >= 11 is 5.88. The third-order valence-corrected chi connectivity index (χ3v) is 4.86. The maximum Gasteiger partial charge on any atom is 0.246 e. The number of nitrogens with two attached hydrogens (primary N) is 1. The first kappa shape index (κ1) is 16.2. The summed E-state index contributed by atoms with van der Waals surface area (Å²) in [7, 11) is -1.09. The topological polar surface area (TPSA) is 92.9 Å². The quantitative estimate of drug-likeness (QED) is 0.749. The molecule has 3 N–H and O–H groups in total. The molecule has 0 aliphatic heterocycles. The van der Waals surface area contributed by atoms with Gasteiger partial charge in [-0.05, 0) is 12.1 Å². The highest BCUT2D eigenvalue weighted by atomic mass is 35.5. The Morgan fingerprint density at radius 1 is 1.53 bits per heavy atom. The lowest BCUT2D eigenvalue weighted by atomic mass is 10.3. The molecule has 0 aliphatic rings. The molecular formula is C11H17ClN2O4S. The number of ether oxygens (including phenoxy) is 1. The Hall–Kier alpha value is -0.860. The van der Waals surface area contributed by atoms with Gasteiger partial charge in [0.2, 0.25) is 10.0 Å². The van der Waals surface area contributed by atoms with Crippen molar-refractivity contribution >= 4 is 27.3 Å². The van der Waals surface area contributed by atoms with Crippen LogP contribution >= 0.6 is 11.6 Å². The zero-order chi connectivity index (χ0) is 14.6. The van der Waals surface area contributed by atoms with Crippen molar-refractivity contribution in [2.75, 3.05) is 33.0 Å². The van der Waals surface area contributed by atoms with Gasteiger partial charge in [0.05, 0.1) is 23.4 Å². The van der Waals surface area contributed by atoms with Crippen LogP contribution in [0.15, 0.2) is 23.1 Å². The van der Waals surface area contributed by atoms with E-state index in [0.717, 1.165) is 4.31 Å². The fourth-order valence-electron chi connectivity index (χ4n) is 1.59. The highest BCUT2D eigenvalue weighted by Gasteiger charge is 2.27. The molecule has 1 aromatic carbocycles. The van der Waals surface area contributed by atoms with Gasteiger partial charge in [0.25, 0.3) is 0 Å². The van der Waals surface area contributed by atoms with E-state index in [1.54, 1.807) is 6.07 Å². The zero-order valence-electron chi connectivity index (χ0n) is 10.7. The third kappa shape index (κ3) is 3.80. The lowest BCUT2D eigenvalue weighted by Crippen LogP contribution is -2.36. The first-order chi connectivity index (χ1) is 8.80. The van der Waals surface area contributed by atoms with Crippen LogP contribution in [0.25, 0.3) is 0 Å². The van der Waals surface area contributed by atoms with E-state index in [1.807, 2.05) is 0 Å². The Bertz CT molecular complexity index is 515. The van der Waals surface area contributed by atoms with Gasteiger partial charge >= 0.3 is 0 Å². The van der Waals surface area contributed by atoms with E-state index in [4.69, 9.17) is 22.1 Å². The summed E-state index contributed by atoms with van der Waals surface area (Å²) in [5, 5.41) is 9.62. The average Bonchev–Trinajstić information content (AvgIpc) is 2.28. The van der Waals surface area contributed by atoms with E-state index in [2.05, 4.69) is 0 Å². The number of nitrogen functional groups attached to an aromatic ring is 1. The minimum Gasteiger partial charge on any atom is -0.398 e. The van der Waals surface area contributed by atoms with Crippen LogP contribution < -0.4 is 5.73 Å². The van der Waals surface area contributed by atoms with E-state index in [9.17, 15) is 13.5 Å². The summed E-state index contributed by atoms with van der Waals surface area (Å²) in [4.78, 5) is -0.149. The van der Waals surface area contributed by atoms with Crippen molar-refractivity contribution in [3.8, 4) is 0 Å². The smallest absolute Gasteiger partial charge is 0.246 e. The lowest BCUT2D eigenvalue weighted by Gasteiger charge is -2.21. The molecule has 108 valence electrons. The van der Waals surface area contributed by atoms with Gasteiger partial charge in [-0.15, -0.1) is 0 Å². The highest BCUT2D eigenvalue weighted by molar-refractivity contribution is 7.89. The molecule has 1 atom stereocenters. The predicted molar refractivity (Wildman–Crippen MR) is 73.6 cm³/mol. The predicted octanol–water partition coefficient (Wildman–Crippen LogP) is 0.550. The van der Waals surface area contributed by atoms with Crippen LogP contribution in [0.3, 0.4) is 0 Å². The molecule has 1 unspecified atom stereocenters. The number of hydrogen-bond donors (Lipinski definition) is 2. The lowest BCUT2D eigenvalue weighted by molar-refractivity contribution is 0.0554. The molecule has 1 aromatic rings. The molecule has 8 heteroatoms. The second-order valence-electron chi connectivity index (χ2n) is 4.05. The largest absolute Gasteiger partial charge is 0.398 e. The number of anilines is 1. The van der Waals surface area contributed by atoms with Gasteiger partial charge in [-0.3, -0.25) is 0 Å². The molecule has 0 aliphatic carbocycles. The third-order valence-electron chi connectivity index (χ3n) is 2.49. The molecule has 0 radical (unpaired) electrons. The summed E-state index contributed by atoms with van der Waals surface area (Å²) < 4.78 is 30.4. The number of nitrogens with zero attached hydrogens (tertiary/aromatic N) is 1. The fraction of sp³-hybridized carbons (Fsp3) is 0.455. The van der Waals surface area contributed by atoms with Crippen LogP contribution in [0, 0.1) is 0 Å². The van der Waals surface area contributed by atoms with E-state index >= 15 is 0 Å². The van der Waals surface area contributed by atoms with Crippen LogP contribution in [-0.4, -0.2) is 51.2 Å². The number of aliphatic hydroxyl groups excluding tert-OH is 1. The number of likely N-dealkylation sites (N-methyl/N-ethyl adjacent to an activating group) is 1. The van der Waals surface area contributed by atoms with Crippen molar-refractivity contribution in [1.82, 2.24) is 4.31 Å². The van der Waals surface area contributed by atoms with E-state index in [1.165, 1.54) is 26.3 Å². The maximum atomic E-state index is 12.3. The van der Waals surface area contributed by atoms with Gasteiger partial charge in [0, 0.05) is 20.7 Å². The number of methoxy groups -OCH3 is 1. The number of hydrogen-bond acceptors (Lipinski definition) is 5. The first-order valence-corrected chi connectivity index (χ1v) is 7.29. The molecule has 0 fully saturated rings. The molecule has 0 heterocycles. The van der Waals surface area contributed by atoms with Crippen LogP contribution in [0.5, 0.6) is 0 Å². The van der Waals surface area contributed by atoms with Crippen LogP contribution in [0.1, 0.15) is 0 Å². The maximum absolute atomic E-state index is 12.3. The first-order valence-electron chi connectivity index (χ1n) is 5.48. The van der Waals surface area contributed by atoms with Gasteiger partial charge < -0.3 is 15.6 Å². The number of benzene rings is 1. The molecule has 0 saturated carbocycles. The van der Waals surface area contributed by atoms with E-state index < -0.39 is 16.1 Å². The van der Waals surface area contributed by atoms with Crippen molar-refractivity contribution in [1.29, 1.82) is 0 Å². The molecule has 0 aromatic heterocycles. The van der Waals surface area contributed by atoms with E-state index in [0.29, 0.717) is 0 Å². The molecule has 0 amide bonds. The Kier molecular flexibility index (Phi) is 5.57. The summed E-state index contributed by atoms with van der Waals surface area (Å²) in [6, 6.07) is 4.47. The fourth-order valence-corrected chi connectivity index (χ4v) is 3.43. The van der Waals surface area contributed by atoms with Gasteiger partial charge in [0.15, 0.2) is 0 Å². The van der Waals surface area contributed by atoms with Crippen molar-refractivity contribution in [2.24, 2.45) is 0 Å². The Balaban J connectivity index is 3.04. The Morgan fingerprint density at radius 2 is 2.16 bits per heavy atom. The molecule has 0 saturated heterocycles. The number of rotatable bonds is 6. The van der Waals surface area contributed by atoms with Crippen molar-refractivity contribution in [3.05, 3.63) is 23.2 Å². The van der Waals surface area contributed by atoms with E-state index in [-0.39, 0.29) is 28.8 Å². The van der Waals surface area contributed by atoms with Crippen LogP contribution in [0.2, 0.25) is 5.02 Å². The Labute approximate surface area is 117 Å². The SMILES string of the molecule is COCC(O)CN(C)S(=O)(=O)c1c(N)cccc1Cl. The molecule has 0 bridgehead atoms. The summed E-state index contributed by atoms with van der Waals surface area (Å²) in [6.07, 6.45) is -0.923. The Morgan fingerprint density at radius 3 is 2.68 bits per heavy atom. The second kappa shape index (κ2) is 6.53. The average molecular weight is 309 g/mol. The molecular weight excluding hydrogens is 292 g/mol. The summed E-state index contributed by atoms with van der Waals surface area (Å²) in [5.41, 5.74) is 5.73. The van der Waals surface area contributed by atoms with Crippen LogP contribution in [0.4, 0.5) is 5.69 Å². The molecule has 6 nitrogen and oxygen atoms in total. The van der Waals surface area contributed by atoms with Crippen LogP contribution in [-0.2, 0) is 14.8 Å². The van der Waals surface area contributed by atoms with Crippen molar-refractivity contribution < 1.29 is 18.3 Å². The summed E-state index contributed by atoms with van der Waals surface area (Å²) in [5.74, 6) is 0. The van der Waals surface area contributed by atoms with Gasteiger partial charge in [-0.2, -0.15) is 4.31 Å². The summed E-state index contributed by atoms with van der Waals surface area (Å²) in [6.45, 7) is -0.0707. The number of halogens is 1. The zero-order valence-corrected chi connectivity index (χ0v) is 12.3. The molecule has 0 spiro atoms. The van der Waals surface area contributed by atoms with Gasteiger partial charge in [-0.25, -0.2) is 8.42 Å². The van der Waals surface area contributed by atoms with Gasteiger partial charge in [0.1, 0.15) is 4.90 Å². The molecule has 19 heavy (non-hydrogen) atoms. The normalized spacial score (nSPS) is 13.7.